The topological polar surface area (TPSA) is 103 Å². The van der Waals surface area contributed by atoms with Gasteiger partial charge in [0.05, 0.1) is 4.90 Å². The van der Waals surface area contributed by atoms with Gasteiger partial charge in [-0.3, -0.25) is 0 Å². The van der Waals surface area contributed by atoms with Crippen molar-refractivity contribution >= 4 is 9.84 Å². The van der Waals surface area contributed by atoms with Crippen molar-refractivity contribution in [1.29, 1.82) is 0 Å². The average molecular weight is 409 g/mol. The molecule has 0 radical (unpaired) electrons. The summed E-state index contributed by atoms with van der Waals surface area (Å²) in [5, 5.41) is 13.0. The predicted molar refractivity (Wildman–Crippen MR) is 102 cm³/mol. The van der Waals surface area contributed by atoms with Crippen LogP contribution < -0.4 is 24.3 Å². The first kappa shape index (κ1) is 20.2. The first-order valence-corrected chi connectivity index (χ1v) is 10.6. The molecular formula is C19H23NO7S. The molecule has 1 aliphatic heterocycles. The lowest BCUT2D eigenvalue weighted by Gasteiger charge is -2.14. The summed E-state index contributed by atoms with van der Waals surface area (Å²) < 4.78 is 44.4. The number of hydrogen-bond donors (Lipinski definition) is 2. The minimum absolute atomic E-state index is 0.0915. The van der Waals surface area contributed by atoms with E-state index in [0.717, 1.165) is 6.26 Å². The van der Waals surface area contributed by atoms with Gasteiger partial charge in [0.2, 0.25) is 6.79 Å². The number of fused-ring (bicyclic) bond motifs is 1. The minimum Gasteiger partial charge on any atom is -0.492 e. The molecule has 0 aromatic heterocycles. The van der Waals surface area contributed by atoms with Crippen LogP contribution in [-0.4, -0.2) is 59.0 Å². The first-order valence-electron chi connectivity index (χ1n) is 8.76. The van der Waals surface area contributed by atoms with Crippen LogP contribution in [0.5, 0.6) is 23.0 Å². The third kappa shape index (κ3) is 5.75. The summed E-state index contributed by atoms with van der Waals surface area (Å²) in [5.74, 6) is 2.56. The highest BCUT2D eigenvalue weighted by atomic mass is 32.2. The SMILES string of the molecule is CS(=O)(=O)c1ccc(OCC(O)CNCCOc2ccc3c(c2)OCO3)cc1. The van der Waals surface area contributed by atoms with Crippen molar-refractivity contribution in [3.8, 4) is 23.0 Å². The molecule has 2 aromatic rings. The second-order valence-corrected chi connectivity index (χ2v) is 8.29. The second kappa shape index (κ2) is 9.13. The van der Waals surface area contributed by atoms with Gasteiger partial charge in [0.25, 0.3) is 0 Å². The van der Waals surface area contributed by atoms with Gasteiger partial charge in [-0.05, 0) is 36.4 Å². The molecule has 0 spiro atoms. The molecule has 3 rings (SSSR count). The summed E-state index contributed by atoms with van der Waals surface area (Å²) in [6.07, 6.45) is 0.439. The molecule has 2 N–H and O–H groups in total. The number of hydrogen-bond acceptors (Lipinski definition) is 8. The maximum atomic E-state index is 11.4. The van der Waals surface area contributed by atoms with Crippen LogP contribution in [0.2, 0.25) is 0 Å². The molecule has 152 valence electrons. The Morgan fingerprint density at radius 2 is 1.79 bits per heavy atom. The standard InChI is InChI=1S/C19H23NO7S/c1-28(22,23)17-5-2-15(3-6-17)25-12-14(21)11-20-8-9-24-16-4-7-18-19(10-16)27-13-26-18/h2-7,10,14,20-21H,8-9,11-13H2,1H3. The Hall–Kier alpha value is -2.49. The fourth-order valence-electron chi connectivity index (χ4n) is 2.51. The van der Waals surface area contributed by atoms with E-state index in [-0.39, 0.29) is 18.3 Å². The molecule has 0 saturated heterocycles. The van der Waals surface area contributed by atoms with Gasteiger partial charge in [0.15, 0.2) is 21.3 Å². The van der Waals surface area contributed by atoms with E-state index in [1.807, 2.05) is 6.07 Å². The third-order valence-electron chi connectivity index (χ3n) is 3.97. The molecule has 0 fully saturated rings. The van der Waals surface area contributed by atoms with Crippen molar-refractivity contribution in [3.05, 3.63) is 42.5 Å². The molecule has 1 unspecified atom stereocenters. The van der Waals surface area contributed by atoms with Crippen molar-refractivity contribution in [2.24, 2.45) is 0 Å². The number of benzene rings is 2. The van der Waals surface area contributed by atoms with Gasteiger partial charge in [-0.2, -0.15) is 0 Å². The fraction of sp³-hybridized carbons (Fsp3) is 0.368. The maximum absolute atomic E-state index is 11.4. The Labute approximate surface area is 163 Å². The van der Waals surface area contributed by atoms with Crippen LogP contribution in [0.1, 0.15) is 0 Å². The van der Waals surface area contributed by atoms with Crippen LogP contribution >= 0.6 is 0 Å². The summed E-state index contributed by atoms with van der Waals surface area (Å²) in [6, 6.07) is 11.5. The zero-order valence-electron chi connectivity index (χ0n) is 15.5. The van der Waals surface area contributed by atoms with Crippen LogP contribution in [0.4, 0.5) is 0 Å². The molecule has 0 bridgehead atoms. The molecule has 2 aromatic carbocycles. The van der Waals surface area contributed by atoms with Crippen molar-refractivity contribution in [2.45, 2.75) is 11.0 Å². The highest BCUT2D eigenvalue weighted by Crippen LogP contribution is 2.34. The minimum atomic E-state index is -3.23. The van der Waals surface area contributed by atoms with E-state index in [2.05, 4.69) is 5.32 Å². The van der Waals surface area contributed by atoms with E-state index < -0.39 is 15.9 Å². The van der Waals surface area contributed by atoms with Crippen molar-refractivity contribution in [1.82, 2.24) is 5.32 Å². The summed E-state index contributed by atoms with van der Waals surface area (Å²) in [7, 11) is -3.23. The Morgan fingerprint density at radius 1 is 1.07 bits per heavy atom. The lowest BCUT2D eigenvalue weighted by molar-refractivity contribution is 0.105. The van der Waals surface area contributed by atoms with Crippen molar-refractivity contribution < 1.29 is 32.5 Å². The molecule has 8 nitrogen and oxygen atoms in total. The van der Waals surface area contributed by atoms with Crippen LogP contribution in [0.25, 0.3) is 0 Å². The predicted octanol–water partition coefficient (Wildman–Crippen LogP) is 1.23. The molecule has 0 amide bonds. The summed E-state index contributed by atoms with van der Waals surface area (Å²) in [6.45, 7) is 1.64. The van der Waals surface area contributed by atoms with Gasteiger partial charge in [-0.25, -0.2) is 8.42 Å². The molecule has 9 heteroatoms. The van der Waals surface area contributed by atoms with Gasteiger partial charge >= 0.3 is 0 Å². The van der Waals surface area contributed by atoms with Crippen molar-refractivity contribution in [3.63, 3.8) is 0 Å². The smallest absolute Gasteiger partial charge is 0.231 e. The van der Waals surface area contributed by atoms with Gasteiger partial charge in [0, 0.05) is 25.4 Å². The number of rotatable bonds is 10. The lowest BCUT2D eigenvalue weighted by Crippen LogP contribution is -2.33. The number of nitrogens with one attached hydrogen (secondary N) is 1. The molecule has 28 heavy (non-hydrogen) atoms. The van der Waals surface area contributed by atoms with E-state index in [9.17, 15) is 13.5 Å². The zero-order chi connectivity index (χ0) is 20.0. The number of aliphatic hydroxyl groups excluding tert-OH is 1. The van der Waals surface area contributed by atoms with Gasteiger partial charge in [-0.15, -0.1) is 0 Å². The van der Waals surface area contributed by atoms with E-state index in [1.54, 1.807) is 24.3 Å². The van der Waals surface area contributed by atoms with Crippen molar-refractivity contribution in [2.75, 3.05) is 39.4 Å². The van der Waals surface area contributed by atoms with E-state index in [4.69, 9.17) is 18.9 Å². The molecule has 1 atom stereocenters. The quantitative estimate of drug-likeness (QED) is 0.565. The average Bonchev–Trinajstić information content (AvgIpc) is 3.13. The Balaban J connectivity index is 1.31. The molecule has 0 aliphatic carbocycles. The zero-order valence-corrected chi connectivity index (χ0v) is 16.3. The Kier molecular flexibility index (Phi) is 6.61. The van der Waals surface area contributed by atoms with Gasteiger partial charge in [0.1, 0.15) is 30.8 Å². The number of sulfone groups is 1. The molecule has 1 aliphatic rings. The van der Waals surface area contributed by atoms with Crippen LogP contribution in [0, 0.1) is 0 Å². The normalized spacial score (nSPS) is 13.9. The maximum Gasteiger partial charge on any atom is 0.231 e. The number of ether oxygens (including phenoxy) is 4. The third-order valence-corrected chi connectivity index (χ3v) is 5.09. The summed E-state index contributed by atoms with van der Waals surface area (Å²) in [4.78, 5) is 0.226. The van der Waals surface area contributed by atoms with E-state index in [0.29, 0.717) is 42.7 Å². The van der Waals surface area contributed by atoms with Crippen LogP contribution in [-0.2, 0) is 9.84 Å². The lowest BCUT2D eigenvalue weighted by atomic mass is 10.3. The fourth-order valence-corrected chi connectivity index (χ4v) is 3.14. The number of aliphatic hydroxyl groups is 1. The van der Waals surface area contributed by atoms with Crippen LogP contribution in [0.15, 0.2) is 47.4 Å². The molecular weight excluding hydrogens is 386 g/mol. The Morgan fingerprint density at radius 3 is 2.54 bits per heavy atom. The molecule has 0 saturated carbocycles. The molecule has 1 heterocycles. The van der Waals surface area contributed by atoms with E-state index in [1.165, 1.54) is 12.1 Å². The highest BCUT2D eigenvalue weighted by molar-refractivity contribution is 7.90. The second-order valence-electron chi connectivity index (χ2n) is 6.28. The largest absolute Gasteiger partial charge is 0.492 e. The summed E-state index contributed by atoms with van der Waals surface area (Å²) >= 11 is 0. The van der Waals surface area contributed by atoms with E-state index >= 15 is 0 Å². The highest BCUT2D eigenvalue weighted by Gasteiger charge is 2.13. The Bertz CT molecular complexity index is 884. The first-order chi connectivity index (χ1) is 13.4. The van der Waals surface area contributed by atoms with Gasteiger partial charge in [-0.1, -0.05) is 0 Å². The summed E-state index contributed by atoms with van der Waals surface area (Å²) in [5.41, 5.74) is 0. The van der Waals surface area contributed by atoms with Gasteiger partial charge < -0.3 is 29.4 Å². The van der Waals surface area contributed by atoms with Crippen LogP contribution in [0.3, 0.4) is 0 Å². The monoisotopic (exact) mass is 409 g/mol.